The monoisotopic (exact) mass is 859 g/mol. The molecule has 14 rings (SSSR count). The number of aromatic nitrogens is 2. The van der Waals surface area contributed by atoms with E-state index in [2.05, 4.69) is 197 Å². The lowest BCUT2D eigenvalue weighted by Crippen LogP contribution is -2.60. The number of hydrogen-bond donors (Lipinski definition) is 0. The van der Waals surface area contributed by atoms with Crippen molar-refractivity contribution in [2.75, 3.05) is 4.81 Å². The summed E-state index contributed by atoms with van der Waals surface area (Å²) < 4.78 is 13.0. The van der Waals surface area contributed by atoms with E-state index in [0.29, 0.717) is 0 Å². The second-order valence-electron chi connectivity index (χ2n) is 20.0. The zero-order chi connectivity index (χ0) is 43.0. The van der Waals surface area contributed by atoms with Crippen molar-refractivity contribution in [3.63, 3.8) is 0 Å². The fourth-order valence-corrected chi connectivity index (χ4v) is 13.0. The van der Waals surface area contributed by atoms with E-state index in [9.17, 15) is 0 Å². The second-order valence-corrected chi connectivity index (χ2v) is 22.1. The first-order valence-electron chi connectivity index (χ1n) is 22.3. The molecular weight excluding hydrogens is 818 g/mol. The molecule has 0 N–H and O–H groups in total. The van der Waals surface area contributed by atoms with Crippen molar-refractivity contribution in [1.29, 1.82) is 0 Å². The van der Waals surface area contributed by atoms with Gasteiger partial charge in [0.25, 0.3) is 0 Å². The zero-order valence-corrected chi connectivity index (χ0v) is 38.1. The molecule has 6 heterocycles. The third-order valence-electron chi connectivity index (χ3n) is 14.1. The number of furan rings is 1. The van der Waals surface area contributed by atoms with E-state index in [1.54, 1.807) is 11.3 Å². The number of thiophene rings is 1. The molecule has 0 atom stereocenters. The summed E-state index contributed by atoms with van der Waals surface area (Å²) in [4.78, 5) is 8.03. The van der Waals surface area contributed by atoms with Crippen LogP contribution in [0.2, 0.25) is 0 Å². The first-order chi connectivity index (χ1) is 31.0. The number of hydrogen-bond acceptors (Lipinski definition) is 5. The number of benzene rings is 8. The number of rotatable bonds is 2. The Labute approximate surface area is 379 Å². The second kappa shape index (κ2) is 12.5. The molecule has 0 aliphatic carbocycles. The summed E-state index contributed by atoms with van der Waals surface area (Å²) >= 11 is 3.70. The van der Waals surface area contributed by atoms with Gasteiger partial charge in [0.15, 0.2) is 0 Å². The fraction of sp³-hybridized carbons (Fsp3) is 0.140. The van der Waals surface area contributed by atoms with Crippen molar-refractivity contribution < 1.29 is 4.42 Å². The highest BCUT2D eigenvalue weighted by Crippen LogP contribution is 2.50. The highest BCUT2D eigenvalue weighted by Gasteiger charge is 2.44. The number of para-hydroxylation sites is 1. The van der Waals surface area contributed by atoms with Gasteiger partial charge < -0.3 is 13.8 Å². The van der Waals surface area contributed by atoms with Gasteiger partial charge in [0.05, 0.1) is 21.3 Å². The zero-order valence-electron chi connectivity index (χ0n) is 36.5. The minimum absolute atomic E-state index is 0.0281. The van der Waals surface area contributed by atoms with E-state index < -0.39 is 0 Å². The van der Waals surface area contributed by atoms with Crippen molar-refractivity contribution in [2.24, 2.45) is 0 Å². The van der Waals surface area contributed by atoms with Crippen molar-refractivity contribution in [3.8, 4) is 27.4 Å². The Balaban J connectivity index is 1.13. The van der Waals surface area contributed by atoms with E-state index in [-0.39, 0.29) is 17.7 Å². The molecule has 2 aliphatic rings. The van der Waals surface area contributed by atoms with Crippen LogP contribution in [0.15, 0.2) is 150 Å². The lowest BCUT2D eigenvalue weighted by Gasteiger charge is -2.42. The summed E-state index contributed by atoms with van der Waals surface area (Å²) in [5.74, 6) is 0. The Morgan fingerprint density at radius 2 is 1.28 bits per heavy atom. The predicted molar refractivity (Wildman–Crippen MR) is 276 cm³/mol. The van der Waals surface area contributed by atoms with Crippen LogP contribution in [0.5, 0.6) is 0 Å². The number of nitrogens with zero attached hydrogens (tertiary/aromatic N) is 3. The van der Waals surface area contributed by atoms with Crippen LogP contribution in [0, 0.1) is 0 Å². The van der Waals surface area contributed by atoms with Crippen molar-refractivity contribution in [1.82, 2.24) is 9.55 Å². The molecule has 0 amide bonds. The normalized spacial score (nSPS) is 13.7. The number of thiazole rings is 1. The van der Waals surface area contributed by atoms with Crippen LogP contribution in [-0.4, -0.2) is 16.4 Å². The van der Waals surface area contributed by atoms with Gasteiger partial charge in [-0.15, -0.1) is 22.7 Å². The highest BCUT2D eigenvalue weighted by molar-refractivity contribution is 7.26. The fourth-order valence-electron chi connectivity index (χ4n) is 10.9. The Morgan fingerprint density at radius 1 is 0.531 bits per heavy atom. The van der Waals surface area contributed by atoms with Gasteiger partial charge in [-0.25, -0.2) is 4.98 Å². The third-order valence-corrected chi connectivity index (χ3v) is 16.3. The third kappa shape index (κ3) is 5.02. The van der Waals surface area contributed by atoms with Gasteiger partial charge in [-0.3, -0.25) is 0 Å². The van der Waals surface area contributed by atoms with Crippen LogP contribution in [-0.2, 0) is 10.8 Å². The van der Waals surface area contributed by atoms with Gasteiger partial charge >= 0.3 is 6.85 Å². The maximum atomic E-state index is 6.57. The molecule has 0 unspecified atom stereocenters. The largest absolute Gasteiger partial charge is 0.456 e. The maximum Gasteiger partial charge on any atom is 0.333 e. The summed E-state index contributed by atoms with van der Waals surface area (Å²) in [7, 11) is 0. The molecule has 0 radical (unpaired) electrons. The molecule has 64 heavy (non-hydrogen) atoms. The molecule has 2 aliphatic heterocycles. The van der Waals surface area contributed by atoms with E-state index in [4.69, 9.17) is 9.40 Å². The van der Waals surface area contributed by atoms with Crippen molar-refractivity contribution in [2.45, 2.75) is 52.4 Å². The number of anilines is 2. The molecule has 0 fully saturated rings. The van der Waals surface area contributed by atoms with Gasteiger partial charge in [-0.1, -0.05) is 126 Å². The lowest BCUT2D eigenvalue weighted by atomic mass is 9.44. The molecule has 4 aromatic heterocycles. The molecule has 7 heteroatoms. The minimum atomic E-state index is -0.122. The van der Waals surface area contributed by atoms with E-state index in [1.807, 2.05) is 11.3 Å². The van der Waals surface area contributed by atoms with Crippen LogP contribution < -0.4 is 15.7 Å². The molecule has 0 bridgehead atoms. The van der Waals surface area contributed by atoms with E-state index in [1.165, 1.54) is 96.9 Å². The number of fused-ring (bicyclic) bond motifs is 15. The SMILES string of the molecule is CC(C)(C)c1ccc(N2B3c4cc5nc(-c6ccccc6)sc5cc4-n4c5cc6c(cc5c5ccc(c3c54)-c3cc4sc5cc(C(C)(C)C)ccc5c4cc32)oc2ccccc26)cc1. The highest BCUT2D eigenvalue weighted by atomic mass is 32.1. The van der Waals surface area contributed by atoms with Crippen LogP contribution in [0.1, 0.15) is 52.7 Å². The molecule has 8 aromatic carbocycles. The summed E-state index contributed by atoms with van der Waals surface area (Å²) in [6.07, 6.45) is 0. The first kappa shape index (κ1) is 36.8. The van der Waals surface area contributed by atoms with E-state index >= 15 is 0 Å². The summed E-state index contributed by atoms with van der Waals surface area (Å²) in [5, 5.41) is 8.38. The van der Waals surface area contributed by atoms with Gasteiger partial charge in [-0.2, -0.15) is 0 Å². The Kier molecular flexibility index (Phi) is 7.20. The summed E-state index contributed by atoms with van der Waals surface area (Å²) in [6, 6.07) is 54.9. The molecule has 4 nitrogen and oxygen atoms in total. The predicted octanol–water partition coefficient (Wildman–Crippen LogP) is 15.2. The van der Waals surface area contributed by atoms with Gasteiger partial charge in [0, 0.05) is 69.9 Å². The van der Waals surface area contributed by atoms with Crippen LogP contribution in [0.25, 0.3) is 102 Å². The maximum absolute atomic E-state index is 6.57. The average molecular weight is 860 g/mol. The quantitative estimate of drug-likeness (QED) is 0.162. The Bertz CT molecular complexity index is 3990. The topological polar surface area (TPSA) is 34.2 Å². The molecule has 0 saturated carbocycles. The van der Waals surface area contributed by atoms with Gasteiger partial charge in [0.1, 0.15) is 16.2 Å². The lowest BCUT2D eigenvalue weighted by molar-refractivity contribution is 0.590. The van der Waals surface area contributed by atoms with Gasteiger partial charge in [0.2, 0.25) is 0 Å². The molecule has 12 aromatic rings. The Morgan fingerprint density at radius 3 is 2.09 bits per heavy atom. The summed E-state index contributed by atoms with van der Waals surface area (Å²) in [6.45, 7) is 13.7. The van der Waals surface area contributed by atoms with Crippen LogP contribution in [0.4, 0.5) is 11.4 Å². The van der Waals surface area contributed by atoms with E-state index in [0.717, 1.165) is 38.0 Å². The molecule has 0 spiro atoms. The average Bonchev–Trinajstić information content (AvgIpc) is 4.06. The smallest absolute Gasteiger partial charge is 0.333 e. The van der Waals surface area contributed by atoms with Crippen molar-refractivity contribution in [3.05, 3.63) is 157 Å². The molecule has 0 saturated heterocycles. The first-order valence-corrected chi connectivity index (χ1v) is 23.9. The van der Waals surface area contributed by atoms with Crippen LogP contribution in [0.3, 0.4) is 0 Å². The minimum Gasteiger partial charge on any atom is -0.456 e. The standard InChI is InChI=1S/C57H42BN3OS2/c1-56(2,3)32-16-19-34(20-17-32)61-46-26-42-36-21-18-33(57(4,5)6)24-50(36)63-51(42)28-40(46)37-22-23-38-39-27-49-41(35-14-10-11-15-48(35)62-49)25-45(39)60-47-30-52-44(29-43(47)58(61)53(37)54(38)60)59-55(64-52)31-12-8-7-9-13-31/h7-30H,1-6H3. The Hall–Kier alpha value is -6.67. The van der Waals surface area contributed by atoms with Crippen LogP contribution >= 0.6 is 22.7 Å². The molecular formula is C57H42BN3OS2. The summed E-state index contributed by atoms with van der Waals surface area (Å²) in [5.41, 5.74) is 18.0. The van der Waals surface area contributed by atoms with Crippen molar-refractivity contribution >= 4 is 126 Å². The van der Waals surface area contributed by atoms with Gasteiger partial charge in [-0.05, 0) is 99.1 Å². The molecule has 306 valence electrons.